The van der Waals surface area contributed by atoms with Gasteiger partial charge in [0.25, 0.3) is 0 Å². The normalized spacial score (nSPS) is 12.1. The third-order valence-corrected chi connectivity index (χ3v) is 3.98. The van der Waals surface area contributed by atoms with Crippen LogP contribution in [0.2, 0.25) is 0 Å². The summed E-state index contributed by atoms with van der Waals surface area (Å²) in [7, 11) is 0. The summed E-state index contributed by atoms with van der Waals surface area (Å²) in [5.74, 6) is 1.08. The maximum absolute atomic E-state index is 9.20. The summed E-state index contributed by atoms with van der Waals surface area (Å²) < 4.78 is 5.84. The Morgan fingerprint density at radius 1 is 1.14 bits per heavy atom. The van der Waals surface area contributed by atoms with Crippen LogP contribution in [-0.4, -0.2) is 18.3 Å². The number of nitrogens with two attached hydrogens (primary N) is 1. The SMILES string of the molecule is Cc1cc(OCc2ccccc2)ccc1CCC(CN)CO. The number of rotatable bonds is 8. The van der Waals surface area contributed by atoms with Crippen LogP contribution in [0, 0.1) is 12.8 Å². The van der Waals surface area contributed by atoms with E-state index < -0.39 is 0 Å². The number of aliphatic hydroxyl groups is 1. The van der Waals surface area contributed by atoms with Gasteiger partial charge in [-0.3, -0.25) is 0 Å². The van der Waals surface area contributed by atoms with Crippen LogP contribution in [0.1, 0.15) is 23.1 Å². The van der Waals surface area contributed by atoms with Gasteiger partial charge >= 0.3 is 0 Å². The molecule has 2 aromatic rings. The first-order chi connectivity index (χ1) is 10.7. The van der Waals surface area contributed by atoms with Gasteiger partial charge < -0.3 is 15.6 Å². The van der Waals surface area contributed by atoms with Crippen molar-refractivity contribution >= 4 is 0 Å². The minimum atomic E-state index is 0.161. The summed E-state index contributed by atoms with van der Waals surface area (Å²) >= 11 is 0. The zero-order valence-electron chi connectivity index (χ0n) is 13.2. The van der Waals surface area contributed by atoms with Crippen molar-refractivity contribution in [3.63, 3.8) is 0 Å². The Hall–Kier alpha value is -1.84. The van der Waals surface area contributed by atoms with E-state index in [1.165, 1.54) is 11.1 Å². The molecule has 2 rings (SSSR count). The van der Waals surface area contributed by atoms with E-state index in [1.54, 1.807) is 0 Å². The summed E-state index contributed by atoms with van der Waals surface area (Å²) in [5.41, 5.74) is 9.30. The Labute approximate surface area is 132 Å². The molecule has 0 aromatic heterocycles. The Bertz CT molecular complexity index is 565. The van der Waals surface area contributed by atoms with Crippen LogP contribution in [0.25, 0.3) is 0 Å². The first kappa shape index (κ1) is 16.5. The summed E-state index contributed by atoms with van der Waals surface area (Å²) in [4.78, 5) is 0. The van der Waals surface area contributed by atoms with Crippen molar-refractivity contribution < 1.29 is 9.84 Å². The maximum atomic E-state index is 9.20. The second-order valence-electron chi connectivity index (χ2n) is 5.69. The van der Waals surface area contributed by atoms with Crippen molar-refractivity contribution in [3.05, 3.63) is 65.2 Å². The molecule has 2 aromatic carbocycles. The maximum Gasteiger partial charge on any atom is 0.120 e. The minimum Gasteiger partial charge on any atom is -0.489 e. The van der Waals surface area contributed by atoms with Crippen LogP contribution in [0.15, 0.2) is 48.5 Å². The molecule has 0 radical (unpaired) electrons. The summed E-state index contributed by atoms with van der Waals surface area (Å²) in [6.07, 6.45) is 1.85. The second-order valence-corrected chi connectivity index (χ2v) is 5.69. The molecule has 22 heavy (non-hydrogen) atoms. The van der Waals surface area contributed by atoms with E-state index in [2.05, 4.69) is 31.2 Å². The number of aliphatic hydroxyl groups excluding tert-OH is 1. The van der Waals surface area contributed by atoms with Gasteiger partial charge in [-0.25, -0.2) is 0 Å². The third kappa shape index (κ3) is 4.86. The van der Waals surface area contributed by atoms with E-state index in [0.29, 0.717) is 13.2 Å². The first-order valence-electron chi connectivity index (χ1n) is 7.80. The number of hydrogen-bond acceptors (Lipinski definition) is 3. The minimum absolute atomic E-state index is 0.161. The lowest BCUT2D eigenvalue weighted by atomic mass is 9.97. The molecular weight excluding hydrogens is 274 g/mol. The molecule has 3 nitrogen and oxygen atoms in total. The molecule has 0 fully saturated rings. The molecule has 0 saturated carbocycles. The highest BCUT2D eigenvalue weighted by Gasteiger charge is 2.07. The molecule has 0 aliphatic rings. The number of aryl methyl sites for hydroxylation is 2. The Balaban J connectivity index is 1.91. The topological polar surface area (TPSA) is 55.5 Å². The van der Waals surface area contributed by atoms with Gasteiger partial charge in [0.2, 0.25) is 0 Å². The number of benzene rings is 2. The van der Waals surface area contributed by atoms with Gasteiger partial charge in [0.15, 0.2) is 0 Å². The molecule has 0 saturated heterocycles. The Kier molecular flexibility index (Phi) is 6.44. The lowest BCUT2D eigenvalue weighted by Gasteiger charge is -2.13. The van der Waals surface area contributed by atoms with E-state index in [4.69, 9.17) is 10.5 Å². The fourth-order valence-electron chi connectivity index (χ4n) is 2.42. The van der Waals surface area contributed by atoms with Gasteiger partial charge in [-0.1, -0.05) is 36.4 Å². The molecular formula is C19H25NO2. The van der Waals surface area contributed by atoms with Crippen molar-refractivity contribution in [1.29, 1.82) is 0 Å². The molecule has 3 N–H and O–H groups in total. The van der Waals surface area contributed by atoms with E-state index in [-0.39, 0.29) is 12.5 Å². The third-order valence-electron chi connectivity index (χ3n) is 3.98. The second kappa shape index (κ2) is 8.57. The summed E-state index contributed by atoms with van der Waals surface area (Å²) in [6.45, 7) is 3.38. The van der Waals surface area contributed by atoms with Crippen LogP contribution in [0.3, 0.4) is 0 Å². The van der Waals surface area contributed by atoms with Gasteiger partial charge in [-0.2, -0.15) is 0 Å². The van der Waals surface area contributed by atoms with E-state index in [9.17, 15) is 5.11 Å². The van der Waals surface area contributed by atoms with Gasteiger partial charge in [0.05, 0.1) is 0 Å². The van der Waals surface area contributed by atoms with Crippen molar-refractivity contribution in [2.45, 2.75) is 26.4 Å². The van der Waals surface area contributed by atoms with Gasteiger partial charge in [0, 0.05) is 6.61 Å². The fraction of sp³-hybridized carbons (Fsp3) is 0.368. The Morgan fingerprint density at radius 3 is 2.55 bits per heavy atom. The molecule has 0 heterocycles. The molecule has 118 valence electrons. The molecule has 0 aliphatic carbocycles. The van der Waals surface area contributed by atoms with Crippen molar-refractivity contribution in [2.75, 3.05) is 13.2 Å². The molecule has 0 bridgehead atoms. The first-order valence-corrected chi connectivity index (χ1v) is 7.80. The highest BCUT2D eigenvalue weighted by atomic mass is 16.5. The standard InChI is InChI=1S/C19H25NO2/c1-15-11-19(22-14-16-5-3-2-4-6-16)10-9-18(15)8-7-17(12-20)13-21/h2-6,9-11,17,21H,7-8,12-14,20H2,1H3. The van der Waals surface area contributed by atoms with E-state index >= 15 is 0 Å². The highest BCUT2D eigenvalue weighted by Crippen LogP contribution is 2.20. The van der Waals surface area contributed by atoms with Crippen LogP contribution < -0.4 is 10.5 Å². The van der Waals surface area contributed by atoms with E-state index in [1.807, 2.05) is 24.3 Å². The molecule has 0 amide bonds. The quantitative estimate of drug-likeness (QED) is 0.787. The predicted molar refractivity (Wildman–Crippen MR) is 89.9 cm³/mol. The average Bonchev–Trinajstić information content (AvgIpc) is 2.56. The van der Waals surface area contributed by atoms with Crippen LogP contribution in [0.4, 0.5) is 0 Å². The van der Waals surface area contributed by atoms with Gasteiger partial charge in [-0.15, -0.1) is 0 Å². The van der Waals surface area contributed by atoms with Crippen molar-refractivity contribution in [1.82, 2.24) is 0 Å². The summed E-state index contributed by atoms with van der Waals surface area (Å²) in [5, 5.41) is 9.20. The monoisotopic (exact) mass is 299 g/mol. The van der Waals surface area contributed by atoms with Crippen molar-refractivity contribution in [2.24, 2.45) is 11.7 Å². The number of ether oxygens (including phenoxy) is 1. The zero-order valence-corrected chi connectivity index (χ0v) is 13.2. The smallest absolute Gasteiger partial charge is 0.120 e. The molecule has 3 heteroatoms. The molecule has 0 spiro atoms. The van der Waals surface area contributed by atoms with Gasteiger partial charge in [-0.05, 0) is 61.1 Å². The molecule has 0 aliphatic heterocycles. The molecule has 1 unspecified atom stereocenters. The van der Waals surface area contributed by atoms with Gasteiger partial charge in [0.1, 0.15) is 12.4 Å². The lowest BCUT2D eigenvalue weighted by molar-refractivity contribution is 0.223. The van der Waals surface area contributed by atoms with Crippen molar-refractivity contribution in [3.8, 4) is 5.75 Å². The summed E-state index contributed by atoms with van der Waals surface area (Å²) in [6, 6.07) is 16.4. The van der Waals surface area contributed by atoms with E-state index in [0.717, 1.165) is 24.2 Å². The fourth-order valence-corrected chi connectivity index (χ4v) is 2.42. The van der Waals surface area contributed by atoms with Crippen LogP contribution in [-0.2, 0) is 13.0 Å². The average molecular weight is 299 g/mol. The molecule has 1 atom stereocenters. The lowest BCUT2D eigenvalue weighted by Crippen LogP contribution is -2.18. The zero-order chi connectivity index (χ0) is 15.8. The predicted octanol–water partition coefficient (Wildman–Crippen LogP) is 3.07. The van der Waals surface area contributed by atoms with Crippen LogP contribution in [0.5, 0.6) is 5.75 Å². The highest BCUT2D eigenvalue weighted by molar-refractivity contribution is 5.35. The largest absolute Gasteiger partial charge is 0.489 e. The van der Waals surface area contributed by atoms with Crippen LogP contribution >= 0.6 is 0 Å². The number of hydrogen-bond donors (Lipinski definition) is 2. The Morgan fingerprint density at radius 2 is 1.91 bits per heavy atom.